The summed E-state index contributed by atoms with van der Waals surface area (Å²) in [6.45, 7) is 1.13. The van der Waals surface area contributed by atoms with Gasteiger partial charge in [0, 0.05) is 36.9 Å². The van der Waals surface area contributed by atoms with Crippen molar-refractivity contribution in [3.05, 3.63) is 83.4 Å². The highest BCUT2D eigenvalue weighted by atomic mass is 35.5. The van der Waals surface area contributed by atoms with Crippen LogP contribution in [-0.2, 0) is 27.8 Å². The molecular formula is C24H28ClN3O4S. The summed E-state index contributed by atoms with van der Waals surface area (Å²) in [5.41, 5.74) is 1.97. The molecule has 2 N–H and O–H groups in total. The van der Waals surface area contributed by atoms with E-state index in [0.29, 0.717) is 11.4 Å². The molecule has 7 nitrogen and oxygen atoms in total. The fourth-order valence-electron chi connectivity index (χ4n) is 3.61. The lowest BCUT2D eigenvalue weighted by atomic mass is 9.92. The molecule has 1 aromatic heterocycles. The maximum absolute atomic E-state index is 12.7. The zero-order valence-corrected chi connectivity index (χ0v) is 19.8. The Morgan fingerprint density at radius 3 is 2.45 bits per heavy atom. The van der Waals surface area contributed by atoms with Crippen LogP contribution in [0.5, 0.6) is 0 Å². The van der Waals surface area contributed by atoms with Crippen LogP contribution < -0.4 is 4.72 Å². The summed E-state index contributed by atoms with van der Waals surface area (Å²) in [5.74, 6) is -0.838. The first-order valence-electron chi connectivity index (χ1n) is 10.8. The lowest BCUT2D eigenvalue weighted by molar-refractivity contribution is -0.136. The van der Waals surface area contributed by atoms with Crippen LogP contribution in [0.15, 0.2) is 72.1 Å². The van der Waals surface area contributed by atoms with Crippen molar-refractivity contribution >= 4 is 27.6 Å². The Labute approximate surface area is 199 Å². The van der Waals surface area contributed by atoms with E-state index in [-0.39, 0.29) is 23.8 Å². The molecule has 0 spiro atoms. The first kappa shape index (κ1) is 25.0. The lowest BCUT2D eigenvalue weighted by Gasteiger charge is -2.19. The molecule has 9 heteroatoms. The fraction of sp³-hybridized carbons (Fsp3) is 0.333. The van der Waals surface area contributed by atoms with E-state index in [1.54, 1.807) is 24.7 Å². The fourth-order valence-corrected chi connectivity index (χ4v) is 4.81. The maximum atomic E-state index is 12.7. The molecule has 0 fully saturated rings. The number of nitrogens with one attached hydrogen (secondary N) is 1. The van der Waals surface area contributed by atoms with Crippen molar-refractivity contribution in [1.82, 2.24) is 14.3 Å². The van der Waals surface area contributed by atoms with Gasteiger partial charge in [-0.15, -0.1) is 0 Å². The van der Waals surface area contributed by atoms with Crippen LogP contribution in [0, 0.1) is 0 Å². The second kappa shape index (κ2) is 12.0. The van der Waals surface area contributed by atoms with Crippen LogP contribution in [0.4, 0.5) is 0 Å². The predicted octanol–water partition coefficient (Wildman–Crippen LogP) is 4.49. The van der Waals surface area contributed by atoms with Crippen molar-refractivity contribution in [2.45, 2.75) is 49.5 Å². The zero-order valence-electron chi connectivity index (χ0n) is 18.2. The number of halogens is 1. The Bertz CT molecular complexity index is 1120. The van der Waals surface area contributed by atoms with Gasteiger partial charge in [0.15, 0.2) is 0 Å². The zero-order chi connectivity index (χ0) is 23.7. The Hall–Kier alpha value is -2.68. The number of rotatable bonds is 13. The number of aryl methyl sites for hydroxylation is 2. The van der Waals surface area contributed by atoms with Gasteiger partial charge in [-0.05, 0) is 60.6 Å². The van der Waals surface area contributed by atoms with Crippen LogP contribution >= 0.6 is 11.6 Å². The second-order valence-electron chi connectivity index (χ2n) is 7.93. The third-order valence-electron chi connectivity index (χ3n) is 5.50. The van der Waals surface area contributed by atoms with E-state index in [2.05, 4.69) is 9.71 Å². The third-order valence-corrected chi connectivity index (χ3v) is 7.19. The molecule has 0 saturated heterocycles. The molecule has 0 saturated carbocycles. The number of hydrogen-bond acceptors (Lipinski definition) is 4. The topological polar surface area (TPSA) is 101 Å². The number of benzene rings is 2. The lowest BCUT2D eigenvalue weighted by Crippen LogP contribution is -2.28. The van der Waals surface area contributed by atoms with Crippen LogP contribution in [0.25, 0.3) is 0 Å². The Morgan fingerprint density at radius 1 is 1.09 bits per heavy atom. The van der Waals surface area contributed by atoms with E-state index < -0.39 is 16.0 Å². The molecule has 176 valence electrons. The van der Waals surface area contributed by atoms with Crippen LogP contribution in [-0.4, -0.2) is 35.6 Å². The normalized spacial score (nSPS) is 12.5. The number of sulfonamides is 1. The molecule has 3 rings (SSSR count). The number of nitrogens with zero attached hydrogens (tertiary/aromatic N) is 2. The van der Waals surface area contributed by atoms with Crippen molar-refractivity contribution in [2.75, 3.05) is 6.54 Å². The van der Waals surface area contributed by atoms with E-state index in [1.165, 1.54) is 12.1 Å². The number of aromatic nitrogens is 2. The monoisotopic (exact) mass is 489 g/mol. The summed E-state index contributed by atoms with van der Waals surface area (Å²) in [4.78, 5) is 15.0. The molecule has 1 unspecified atom stereocenters. The molecule has 0 bridgehead atoms. The summed E-state index contributed by atoms with van der Waals surface area (Å²) in [5, 5.41) is 9.36. The van der Waals surface area contributed by atoms with E-state index in [0.717, 1.165) is 36.9 Å². The standard InChI is InChI=1S/C24H28ClN3O4S/c25-22-9-11-23(12-10-22)33(31,32)27-17-21(3-1-2-15-28-16-14-26-18-28)20-7-4-19(5-8-20)6-13-24(29)30/h4-5,7-12,14,16,18,21,27H,1-3,6,13,15,17H2,(H,29,30). The average molecular weight is 490 g/mol. The second-order valence-corrected chi connectivity index (χ2v) is 10.1. The van der Waals surface area contributed by atoms with Crippen LogP contribution in [0.1, 0.15) is 42.7 Å². The first-order valence-corrected chi connectivity index (χ1v) is 12.7. The molecule has 1 heterocycles. The molecular weight excluding hydrogens is 462 g/mol. The van der Waals surface area contributed by atoms with E-state index >= 15 is 0 Å². The van der Waals surface area contributed by atoms with Crippen molar-refractivity contribution in [2.24, 2.45) is 0 Å². The van der Waals surface area contributed by atoms with Crippen molar-refractivity contribution in [1.29, 1.82) is 0 Å². The average Bonchev–Trinajstić information content (AvgIpc) is 3.31. The largest absolute Gasteiger partial charge is 0.481 e. The summed E-state index contributed by atoms with van der Waals surface area (Å²) in [7, 11) is -3.66. The van der Waals surface area contributed by atoms with Crippen molar-refractivity contribution < 1.29 is 18.3 Å². The van der Waals surface area contributed by atoms with Gasteiger partial charge in [-0.3, -0.25) is 4.79 Å². The molecule has 33 heavy (non-hydrogen) atoms. The molecule has 0 aliphatic carbocycles. The minimum Gasteiger partial charge on any atom is -0.481 e. The van der Waals surface area contributed by atoms with Gasteiger partial charge in [0.25, 0.3) is 0 Å². The van der Waals surface area contributed by atoms with Crippen molar-refractivity contribution in [3.8, 4) is 0 Å². The molecule has 0 amide bonds. The van der Waals surface area contributed by atoms with Crippen LogP contribution in [0.2, 0.25) is 5.02 Å². The number of carboxylic acids is 1. The van der Waals surface area contributed by atoms with E-state index in [9.17, 15) is 13.2 Å². The highest BCUT2D eigenvalue weighted by molar-refractivity contribution is 7.89. The number of hydrogen-bond donors (Lipinski definition) is 2. The Morgan fingerprint density at radius 2 is 1.82 bits per heavy atom. The quantitative estimate of drug-likeness (QED) is 0.344. The SMILES string of the molecule is O=C(O)CCc1ccc(C(CCCCn2ccnc2)CNS(=O)(=O)c2ccc(Cl)cc2)cc1. The Kier molecular flexibility index (Phi) is 9.05. The summed E-state index contributed by atoms with van der Waals surface area (Å²) < 4.78 is 30.3. The first-order chi connectivity index (χ1) is 15.8. The van der Waals surface area contributed by atoms with E-state index in [4.69, 9.17) is 16.7 Å². The van der Waals surface area contributed by atoms with Gasteiger partial charge in [-0.1, -0.05) is 42.3 Å². The predicted molar refractivity (Wildman–Crippen MR) is 128 cm³/mol. The minimum absolute atomic E-state index is 0.0108. The summed E-state index contributed by atoms with van der Waals surface area (Å²) >= 11 is 5.88. The number of carboxylic acid groups (broad SMARTS) is 1. The minimum atomic E-state index is -3.66. The van der Waals surface area contributed by atoms with Gasteiger partial charge in [0.05, 0.1) is 11.2 Å². The third kappa shape index (κ3) is 7.99. The Balaban J connectivity index is 1.66. The van der Waals surface area contributed by atoms with Gasteiger partial charge in [0.1, 0.15) is 0 Å². The van der Waals surface area contributed by atoms with Gasteiger partial charge in [-0.2, -0.15) is 0 Å². The van der Waals surface area contributed by atoms with Crippen LogP contribution in [0.3, 0.4) is 0 Å². The van der Waals surface area contributed by atoms with Gasteiger partial charge < -0.3 is 9.67 Å². The van der Waals surface area contributed by atoms with Crippen molar-refractivity contribution in [3.63, 3.8) is 0 Å². The number of imidazole rings is 1. The number of aliphatic carboxylic acids is 1. The smallest absolute Gasteiger partial charge is 0.303 e. The molecule has 0 radical (unpaired) electrons. The summed E-state index contributed by atoms with van der Waals surface area (Å²) in [6, 6.07) is 13.9. The van der Waals surface area contributed by atoms with Gasteiger partial charge >= 0.3 is 5.97 Å². The van der Waals surface area contributed by atoms with Gasteiger partial charge in [-0.25, -0.2) is 18.1 Å². The number of carbonyl (C=O) groups is 1. The summed E-state index contributed by atoms with van der Waals surface area (Å²) in [6.07, 6.45) is 8.69. The number of unbranched alkanes of at least 4 members (excludes halogenated alkanes) is 1. The highest BCUT2D eigenvalue weighted by Gasteiger charge is 2.18. The molecule has 3 aromatic rings. The molecule has 2 aromatic carbocycles. The van der Waals surface area contributed by atoms with Gasteiger partial charge in [0.2, 0.25) is 10.0 Å². The molecule has 0 aliphatic rings. The molecule has 1 atom stereocenters. The van der Waals surface area contributed by atoms with E-state index in [1.807, 2.05) is 35.0 Å². The molecule has 0 aliphatic heterocycles. The highest BCUT2D eigenvalue weighted by Crippen LogP contribution is 2.24. The maximum Gasteiger partial charge on any atom is 0.303 e.